The second-order valence-corrected chi connectivity index (χ2v) is 8.18. The van der Waals surface area contributed by atoms with Gasteiger partial charge in [-0.05, 0) is 29.7 Å². The van der Waals surface area contributed by atoms with Gasteiger partial charge in [0.05, 0.1) is 11.7 Å². The fourth-order valence-electron chi connectivity index (χ4n) is 3.58. The Hall–Kier alpha value is -1.87. The van der Waals surface area contributed by atoms with Gasteiger partial charge in [0.15, 0.2) is 0 Å². The zero-order valence-corrected chi connectivity index (χ0v) is 16.1. The first kappa shape index (κ1) is 17.9. The maximum Gasteiger partial charge on any atom is 0.136 e. The number of aliphatic hydroxyl groups is 1. The lowest BCUT2D eigenvalue weighted by Gasteiger charge is -2.33. The highest BCUT2D eigenvalue weighted by Gasteiger charge is 2.42. The molecule has 25 heavy (non-hydrogen) atoms. The molecule has 0 radical (unpaired) electrons. The van der Waals surface area contributed by atoms with Crippen LogP contribution in [-0.4, -0.2) is 29.1 Å². The van der Waals surface area contributed by atoms with Crippen LogP contribution in [-0.2, 0) is 0 Å². The largest absolute Gasteiger partial charge is 0.382 e. The summed E-state index contributed by atoms with van der Waals surface area (Å²) in [5.41, 5.74) is 0.327. The minimum atomic E-state index is -0.878. The number of anilines is 1. The molecule has 1 aliphatic heterocycles. The van der Waals surface area contributed by atoms with Crippen molar-refractivity contribution < 1.29 is 5.11 Å². The molecule has 0 unspecified atom stereocenters. The predicted molar refractivity (Wildman–Crippen MR) is 108 cm³/mol. The summed E-state index contributed by atoms with van der Waals surface area (Å²) in [6, 6.07) is 15.0. The maximum atomic E-state index is 11.2. The van der Waals surface area contributed by atoms with Gasteiger partial charge in [-0.15, -0.1) is 0 Å². The summed E-state index contributed by atoms with van der Waals surface area (Å²) in [6.45, 7) is 11.6. The number of rotatable bonds is 4. The Morgan fingerprint density at radius 2 is 1.68 bits per heavy atom. The lowest BCUT2D eigenvalue weighted by Crippen LogP contribution is -2.47. The zero-order valence-electron chi connectivity index (χ0n) is 16.1. The SMILES string of the molecule is CCC(O)(CC)C1=N[C@@H](C(C)(C)C)CN1c1cccc2ccccc12. The molecule has 1 heterocycles. The van der Waals surface area contributed by atoms with Gasteiger partial charge in [-0.1, -0.05) is 71.0 Å². The van der Waals surface area contributed by atoms with Crippen LogP contribution in [0.5, 0.6) is 0 Å². The van der Waals surface area contributed by atoms with E-state index >= 15 is 0 Å². The Labute approximate surface area is 151 Å². The third-order valence-electron chi connectivity index (χ3n) is 5.53. The highest BCUT2D eigenvalue weighted by molar-refractivity contribution is 6.10. The summed E-state index contributed by atoms with van der Waals surface area (Å²) in [5, 5.41) is 13.7. The Morgan fingerprint density at radius 1 is 1.04 bits per heavy atom. The first-order valence-electron chi connectivity index (χ1n) is 9.36. The van der Waals surface area contributed by atoms with E-state index in [1.807, 2.05) is 13.8 Å². The molecule has 0 aromatic heterocycles. The third kappa shape index (κ3) is 3.18. The van der Waals surface area contributed by atoms with E-state index in [2.05, 4.69) is 68.1 Å². The van der Waals surface area contributed by atoms with Crippen molar-refractivity contribution in [1.82, 2.24) is 0 Å². The van der Waals surface area contributed by atoms with Crippen LogP contribution in [0.3, 0.4) is 0 Å². The van der Waals surface area contributed by atoms with Gasteiger partial charge in [-0.3, -0.25) is 4.99 Å². The summed E-state index contributed by atoms with van der Waals surface area (Å²) in [5.74, 6) is 0.828. The van der Waals surface area contributed by atoms with Crippen molar-refractivity contribution in [3.05, 3.63) is 42.5 Å². The molecule has 1 atom stereocenters. The van der Waals surface area contributed by atoms with Crippen LogP contribution >= 0.6 is 0 Å². The smallest absolute Gasteiger partial charge is 0.136 e. The zero-order chi connectivity index (χ0) is 18.2. The average Bonchev–Trinajstić information content (AvgIpc) is 3.06. The lowest BCUT2D eigenvalue weighted by atomic mass is 9.87. The molecule has 3 heteroatoms. The van der Waals surface area contributed by atoms with Crippen molar-refractivity contribution in [2.75, 3.05) is 11.4 Å². The van der Waals surface area contributed by atoms with Crippen LogP contribution < -0.4 is 4.90 Å². The van der Waals surface area contributed by atoms with E-state index in [0.717, 1.165) is 18.1 Å². The van der Waals surface area contributed by atoms with Gasteiger partial charge in [-0.25, -0.2) is 0 Å². The normalized spacial score (nSPS) is 18.7. The summed E-state index contributed by atoms with van der Waals surface area (Å²) in [6.07, 6.45) is 1.33. The number of benzene rings is 2. The molecule has 0 saturated heterocycles. The molecule has 3 rings (SSSR count). The summed E-state index contributed by atoms with van der Waals surface area (Å²) >= 11 is 0. The second-order valence-electron chi connectivity index (χ2n) is 8.18. The van der Waals surface area contributed by atoms with Crippen molar-refractivity contribution in [3.63, 3.8) is 0 Å². The summed E-state index contributed by atoms with van der Waals surface area (Å²) in [7, 11) is 0. The molecular formula is C22H30N2O. The van der Waals surface area contributed by atoms with E-state index < -0.39 is 5.60 Å². The number of fused-ring (bicyclic) bond motifs is 1. The molecule has 0 aliphatic carbocycles. The van der Waals surface area contributed by atoms with Crippen molar-refractivity contribution >= 4 is 22.3 Å². The predicted octanol–water partition coefficient (Wildman–Crippen LogP) is 5.02. The van der Waals surface area contributed by atoms with E-state index in [0.29, 0.717) is 12.8 Å². The van der Waals surface area contributed by atoms with Gasteiger partial charge in [0.2, 0.25) is 0 Å². The number of aliphatic imine (C=N–C) groups is 1. The van der Waals surface area contributed by atoms with Crippen molar-refractivity contribution in [2.24, 2.45) is 10.4 Å². The quantitative estimate of drug-likeness (QED) is 0.849. The minimum absolute atomic E-state index is 0.0625. The molecule has 0 amide bonds. The van der Waals surface area contributed by atoms with Crippen molar-refractivity contribution in [3.8, 4) is 0 Å². The summed E-state index contributed by atoms with van der Waals surface area (Å²) in [4.78, 5) is 7.29. The minimum Gasteiger partial charge on any atom is -0.382 e. The van der Waals surface area contributed by atoms with Gasteiger partial charge in [-0.2, -0.15) is 0 Å². The highest BCUT2D eigenvalue weighted by atomic mass is 16.3. The van der Waals surface area contributed by atoms with Crippen LogP contribution in [0, 0.1) is 5.41 Å². The first-order valence-corrected chi connectivity index (χ1v) is 9.36. The molecular weight excluding hydrogens is 308 g/mol. The van der Waals surface area contributed by atoms with E-state index in [4.69, 9.17) is 4.99 Å². The topological polar surface area (TPSA) is 35.8 Å². The summed E-state index contributed by atoms with van der Waals surface area (Å²) < 4.78 is 0. The molecule has 3 nitrogen and oxygen atoms in total. The number of amidine groups is 1. The van der Waals surface area contributed by atoms with Gasteiger partial charge < -0.3 is 10.0 Å². The molecule has 1 aliphatic rings. The fraction of sp³-hybridized carbons (Fsp3) is 0.500. The second kappa shape index (κ2) is 6.45. The van der Waals surface area contributed by atoms with Crippen LogP contribution in [0.2, 0.25) is 0 Å². The van der Waals surface area contributed by atoms with Crippen LogP contribution in [0.25, 0.3) is 10.8 Å². The monoisotopic (exact) mass is 338 g/mol. The molecule has 0 fully saturated rings. The van der Waals surface area contributed by atoms with Crippen molar-refractivity contribution in [1.29, 1.82) is 0 Å². The van der Waals surface area contributed by atoms with Crippen LogP contribution in [0.1, 0.15) is 47.5 Å². The van der Waals surface area contributed by atoms with Gasteiger partial charge in [0, 0.05) is 11.9 Å². The van der Waals surface area contributed by atoms with Gasteiger partial charge >= 0.3 is 0 Å². The Bertz CT molecular complexity index is 779. The molecule has 2 aromatic rings. The van der Waals surface area contributed by atoms with E-state index in [1.54, 1.807) is 0 Å². The fourth-order valence-corrected chi connectivity index (χ4v) is 3.58. The van der Waals surface area contributed by atoms with Crippen molar-refractivity contribution in [2.45, 2.75) is 59.1 Å². The molecule has 1 N–H and O–H groups in total. The van der Waals surface area contributed by atoms with E-state index in [9.17, 15) is 5.11 Å². The Kier molecular flexibility index (Phi) is 4.63. The number of hydrogen-bond donors (Lipinski definition) is 1. The standard InChI is InChI=1S/C22H30N2O/c1-6-22(25,7-2)20-23-19(21(3,4)5)15-24(20)18-14-10-12-16-11-8-9-13-17(16)18/h8-14,19,25H,6-7,15H2,1-5H3/t19-/m1/s1. The maximum absolute atomic E-state index is 11.2. The third-order valence-corrected chi connectivity index (χ3v) is 5.53. The van der Waals surface area contributed by atoms with E-state index in [1.165, 1.54) is 10.8 Å². The van der Waals surface area contributed by atoms with Crippen LogP contribution in [0.15, 0.2) is 47.5 Å². The van der Waals surface area contributed by atoms with E-state index in [-0.39, 0.29) is 11.5 Å². The molecule has 0 saturated carbocycles. The molecule has 2 aromatic carbocycles. The molecule has 0 bridgehead atoms. The first-order chi connectivity index (χ1) is 11.8. The number of hydrogen-bond acceptors (Lipinski definition) is 3. The number of nitrogens with zero attached hydrogens (tertiary/aromatic N) is 2. The molecule has 0 spiro atoms. The highest BCUT2D eigenvalue weighted by Crippen LogP contribution is 2.37. The van der Waals surface area contributed by atoms with Gasteiger partial charge in [0.25, 0.3) is 0 Å². The van der Waals surface area contributed by atoms with Gasteiger partial charge in [0.1, 0.15) is 11.4 Å². The lowest BCUT2D eigenvalue weighted by molar-refractivity contribution is 0.102. The Morgan fingerprint density at radius 3 is 2.32 bits per heavy atom. The molecule has 134 valence electrons. The van der Waals surface area contributed by atoms with Crippen LogP contribution in [0.4, 0.5) is 5.69 Å². The Balaban J connectivity index is 2.14. The average molecular weight is 338 g/mol.